The molecule has 1 aromatic heterocycles. The van der Waals surface area contributed by atoms with E-state index >= 15 is 0 Å². The molecule has 0 spiro atoms. The van der Waals surface area contributed by atoms with E-state index in [0.29, 0.717) is 5.92 Å². The molecule has 3 heterocycles. The molecule has 0 bridgehead atoms. The average Bonchev–Trinajstić information content (AvgIpc) is 3.23. The molecule has 0 unspecified atom stereocenters. The van der Waals surface area contributed by atoms with Crippen LogP contribution in [0, 0.1) is 0 Å². The van der Waals surface area contributed by atoms with Crippen LogP contribution in [0.15, 0.2) is 182 Å². The lowest BCUT2D eigenvalue weighted by atomic mass is 9.82. The standard InChI is InChI=1S/C51H34N2/c1-32-28-50-44-25-22-41(39-21-16-33-8-2-3-10-38(33)29-39)30-45(44)46-31-40(24-27-49(46)53(50)48-13-7-6-11-42(32)48)34-14-18-36(19-15-34)47-26-23-37-20-17-35-9-4-5-12-43(35)51(37)52-47/h2-32H,1H3/t32-/m1/s1. The molecule has 53 heavy (non-hydrogen) atoms. The quantitative estimate of drug-likeness (QED) is 0.173. The predicted molar refractivity (Wildman–Crippen MR) is 223 cm³/mol. The van der Waals surface area contributed by atoms with E-state index in [1.165, 1.54) is 83.1 Å². The van der Waals surface area contributed by atoms with Crippen molar-refractivity contribution in [2.24, 2.45) is 0 Å². The minimum absolute atomic E-state index is 0.320. The van der Waals surface area contributed by atoms with Crippen molar-refractivity contribution < 1.29 is 0 Å². The first-order valence-electron chi connectivity index (χ1n) is 18.4. The monoisotopic (exact) mass is 674 g/mol. The van der Waals surface area contributed by atoms with E-state index in [9.17, 15) is 0 Å². The largest absolute Gasteiger partial charge is 0.309 e. The number of fused-ring (bicyclic) bond motifs is 12. The van der Waals surface area contributed by atoms with E-state index < -0.39 is 0 Å². The van der Waals surface area contributed by atoms with Gasteiger partial charge in [-0.3, -0.25) is 0 Å². The molecule has 9 aromatic rings. The highest BCUT2D eigenvalue weighted by molar-refractivity contribution is 6.07. The molecule has 1 atom stereocenters. The van der Waals surface area contributed by atoms with Crippen LogP contribution in [0.1, 0.15) is 24.0 Å². The zero-order valence-corrected chi connectivity index (χ0v) is 29.3. The zero-order valence-electron chi connectivity index (χ0n) is 29.3. The van der Waals surface area contributed by atoms with Gasteiger partial charge < -0.3 is 4.90 Å². The van der Waals surface area contributed by atoms with Crippen LogP contribution in [0.5, 0.6) is 0 Å². The van der Waals surface area contributed by atoms with Gasteiger partial charge in [0.15, 0.2) is 0 Å². The number of para-hydroxylation sites is 1. The summed E-state index contributed by atoms with van der Waals surface area (Å²) in [5.74, 6) is 0.320. The second kappa shape index (κ2) is 11.6. The molecule has 2 heteroatoms. The lowest BCUT2D eigenvalue weighted by Gasteiger charge is -2.40. The fourth-order valence-electron chi connectivity index (χ4n) is 8.59. The molecule has 0 amide bonds. The van der Waals surface area contributed by atoms with Crippen molar-refractivity contribution in [3.05, 3.63) is 193 Å². The van der Waals surface area contributed by atoms with Crippen LogP contribution in [-0.4, -0.2) is 4.98 Å². The van der Waals surface area contributed by atoms with Crippen molar-refractivity contribution in [3.63, 3.8) is 0 Å². The van der Waals surface area contributed by atoms with Crippen LogP contribution in [-0.2, 0) is 0 Å². The van der Waals surface area contributed by atoms with Gasteiger partial charge in [0.25, 0.3) is 0 Å². The third-order valence-corrected chi connectivity index (χ3v) is 11.3. The molecule has 0 aliphatic carbocycles. The van der Waals surface area contributed by atoms with Crippen LogP contribution in [0.3, 0.4) is 0 Å². The molecule has 2 aliphatic heterocycles. The minimum Gasteiger partial charge on any atom is -0.309 e. The molecular weight excluding hydrogens is 641 g/mol. The van der Waals surface area contributed by atoms with E-state index in [1.54, 1.807) is 0 Å². The Kier molecular flexibility index (Phi) is 6.56. The van der Waals surface area contributed by atoms with Crippen molar-refractivity contribution in [3.8, 4) is 44.6 Å². The Morgan fingerprint density at radius 2 is 1.06 bits per heavy atom. The van der Waals surface area contributed by atoms with Gasteiger partial charge in [-0.1, -0.05) is 153 Å². The van der Waals surface area contributed by atoms with E-state index in [1.807, 2.05) is 0 Å². The van der Waals surface area contributed by atoms with Crippen LogP contribution in [0.2, 0.25) is 0 Å². The third kappa shape index (κ3) is 4.76. The van der Waals surface area contributed by atoms with Crippen molar-refractivity contribution in [2.75, 3.05) is 4.90 Å². The van der Waals surface area contributed by atoms with Gasteiger partial charge >= 0.3 is 0 Å². The van der Waals surface area contributed by atoms with Crippen LogP contribution in [0.4, 0.5) is 11.4 Å². The molecule has 2 aliphatic rings. The molecule has 8 aromatic carbocycles. The summed E-state index contributed by atoms with van der Waals surface area (Å²) in [6.07, 6.45) is 2.44. The number of rotatable bonds is 3. The van der Waals surface area contributed by atoms with E-state index in [0.717, 1.165) is 22.2 Å². The van der Waals surface area contributed by atoms with E-state index in [-0.39, 0.29) is 0 Å². The summed E-state index contributed by atoms with van der Waals surface area (Å²) in [6.45, 7) is 2.31. The zero-order chi connectivity index (χ0) is 35.0. The second-order valence-electron chi connectivity index (χ2n) is 14.4. The molecule has 0 N–H and O–H groups in total. The highest BCUT2D eigenvalue weighted by Gasteiger charge is 2.33. The first-order chi connectivity index (χ1) is 26.2. The summed E-state index contributed by atoms with van der Waals surface area (Å²) < 4.78 is 0. The van der Waals surface area contributed by atoms with E-state index in [2.05, 4.69) is 194 Å². The minimum atomic E-state index is 0.320. The van der Waals surface area contributed by atoms with Gasteiger partial charge in [0.2, 0.25) is 0 Å². The maximum Gasteiger partial charge on any atom is 0.0787 e. The lowest BCUT2D eigenvalue weighted by Crippen LogP contribution is -2.25. The van der Waals surface area contributed by atoms with Gasteiger partial charge in [0.1, 0.15) is 0 Å². The topological polar surface area (TPSA) is 16.1 Å². The molecule has 0 saturated carbocycles. The number of aromatic nitrogens is 1. The van der Waals surface area contributed by atoms with Gasteiger partial charge in [0.05, 0.1) is 22.6 Å². The Morgan fingerprint density at radius 3 is 1.96 bits per heavy atom. The normalized spacial score (nSPS) is 14.4. The third-order valence-electron chi connectivity index (χ3n) is 11.3. The van der Waals surface area contributed by atoms with Gasteiger partial charge in [-0.05, 0) is 85.9 Å². The lowest BCUT2D eigenvalue weighted by molar-refractivity contribution is 0.938. The first kappa shape index (κ1) is 29.9. The highest BCUT2D eigenvalue weighted by atomic mass is 15.2. The smallest absolute Gasteiger partial charge is 0.0787 e. The summed E-state index contributed by atoms with van der Waals surface area (Å²) in [5, 5.41) is 6.07. The fourth-order valence-corrected chi connectivity index (χ4v) is 8.59. The first-order valence-corrected chi connectivity index (χ1v) is 18.4. The fraction of sp³-hybridized carbons (Fsp3) is 0.0392. The maximum atomic E-state index is 5.16. The van der Waals surface area contributed by atoms with Crippen molar-refractivity contribution in [2.45, 2.75) is 12.8 Å². The number of pyridine rings is 1. The molecular formula is C51H34N2. The second-order valence-corrected chi connectivity index (χ2v) is 14.4. The maximum absolute atomic E-state index is 5.16. The average molecular weight is 675 g/mol. The molecule has 0 saturated heterocycles. The Balaban J connectivity index is 1.04. The van der Waals surface area contributed by atoms with Crippen molar-refractivity contribution >= 4 is 49.5 Å². The SMILES string of the molecule is C[C@@H]1C=C2c3ccc(-c4ccc5ccccc5c4)cc3-c3cc(-c4ccc(-c5ccc6ccc7ccccc7c6n5)cc4)ccc3N2c2ccccc21. The molecule has 0 radical (unpaired) electrons. The van der Waals surface area contributed by atoms with Crippen molar-refractivity contribution in [1.82, 2.24) is 4.98 Å². The van der Waals surface area contributed by atoms with Crippen LogP contribution >= 0.6 is 0 Å². The van der Waals surface area contributed by atoms with Crippen molar-refractivity contribution in [1.29, 1.82) is 0 Å². The highest BCUT2D eigenvalue weighted by Crippen LogP contribution is 2.54. The summed E-state index contributed by atoms with van der Waals surface area (Å²) in [7, 11) is 0. The Hall–Kier alpha value is -6.77. The molecule has 0 fully saturated rings. The molecule has 11 rings (SSSR count). The van der Waals surface area contributed by atoms with Gasteiger partial charge in [-0.2, -0.15) is 0 Å². The predicted octanol–water partition coefficient (Wildman–Crippen LogP) is 13.8. The number of allylic oxidation sites excluding steroid dienone is 1. The molecule has 2 nitrogen and oxygen atoms in total. The Bertz CT molecular complexity index is 2970. The number of hydrogen-bond acceptors (Lipinski definition) is 2. The number of anilines is 2. The van der Waals surface area contributed by atoms with Crippen LogP contribution < -0.4 is 4.90 Å². The van der Waals surface area contributed by atoms with Crippen LogP contribution in [0.25, 0.3) is 82.8 Å². The summed E-state index contributed by atoms with van der Waals surface area (Å²) in [4.78, 5) is 7.64. The van der Waals surface area contributed by atoms with Gasteiger partial charge in [-0.25, -0.2) is 4.98 Å². The van der Waals surface area contributed by atoms with Gasteiger partial charge in [-0.15, -0.1) is 0 Å². The number of nitrogens with zero attached hydrogens (tertiary/aromatic N) is 2. The number of hydrogen-bond donors (Lipinski definition) is 0. The summed E-state index contributed by atoms with van der Waals surface area (Å²) in [5.41, 5.74) is 16.9. The molecule has 248 valence electrons. The number of benzene rings is 8. The summed E-state index contributed by atoms with van der Waals surface area (Å²) >= 11 is 0. The Morgan fingerprint density at radius 1 is 0.434 bits per heavy atom. The Labute approximate surface area is 308 Å². The summed E-state index contributed by atoms with van der Waals surface area (Å²) in [6, 6.07) is 64.4. The van der Waals surface area contributed by atoms with Gasteiger partial charge in [0, 0.05) is 39.1 Å². The van der Waals surface area contributed by atoms with E-state index in [4.69, 9.17) is 4.98 Å².